The Hall–Kier alpha value is -0.800. The minimum Gasteiger partial charge on any atom is -0.393 e. The number of nitrogens with zero attached hydrogens (tertiary/aromatic N) is 1. The van der Waals surface area contributed by atoms with Crippen LogP contribution < -0.4 is 5.32 Å². The van der Waals surface area contributed by atoms with Crippen LogP contribution in [0.15, 0.2) is 12.3 Å². The fourth-order valence-corrected chi connectivity index (χ4v) is 2.91. The molecule has 106 valence electrons. The van der Waals surface area contributed by atoms with E-state index in [0.29, 0.717) is 6.04 Å². The maximum absolute atomic E-state index is 9.52. The first kappa shape index (κ1) is 14.6. The lowest BCUT2D eigenvalue weighted by Crippen LogP contribution is -2.28. The van der Waals surface area contributed by atoms with Gasteiger partial charge in [-0.1, -0.05) is 32.4 Å². The standard InChI is InChI=1S/C15H23ClN2O/c1-15(2,3)12-8-14(17-9-13(12)16)18-10-4-6-11(19)7-5-10/h8-11,19H,4-7H2,1-3H3,(H,17,18)/t10-,11-. The molecule has 1 aliphatic carbocycles. The monoisotopic (exact) mass is 282 g/mol. The fourth-order valence-electron chi connectivity index (χ4n) is 2.52. The van der Waals surface area contributed by atoms with E-state index in [1.807, 2.05) is 6.07 Å². The summed E-state index contributed by atoms with van der Waals surface area (Å²) >= 11 is 6.22. The van der Waals surface area contributed by atoms with Gasteiger partial charge in [0.25, 0.3) is 0 Å². The van der Waals surface area contributed by atoms with Crippen LogP contribution in [0.1, 0.15) is 52.0 Å². The number of halogens is 1. The lowest BCUT2D eigenvalue weighted by Gasteiger charge is -2.27. The van der Waals surface area contributed by atoms with Gasteiger partial charge in [0.2, 0.25) is 0 Å². The number of rotatable bonds is 2. The summed E-state index contributed by atoms with van der Waals surface area (Å²) < 4.78 is 0. The van der Waals surface area contributed by atoms with Crippen LogP contribution in [0.5, 0.6) is 0 Å². The zero-order valence-electron chi connectivity index (χ0n) is 11.9. The first-order valence-corrected chi connectivity index (χ1v) is 7.34. The Labute approximate surface area is 120 Å². The Morgan fingerprint density at radius 3 is 2.47 bits per heavy atom. The molecule has 0 spiro atoms. The zero-order valence-corrected chi connectivity index (χ0v) is 12.7. The summed E-state index contributed by atoms with van der Waals surface area (Å²) in [4.78, 5) is 4.36. The molecule has 0 aromatic carbocycles. The van der Waals surface area contributed by atoms with Crippen LogP contribution >= 0.6 is 11.6 Å². The summed E-state index contributed by atoms with van der Waals surface area (Å²) in [5.41, 5.74) is 1.13. The minimum atomic E-state index is -0.124. The highest BCUT2D eigenvalue weighted by molar-refractivity contribution is 6.31. The van der Waals surface area contributed by atoms with Gasteiger partial charge in [0.15, 0.2) is 0 Å². The summed E-state index contributed by atoms with van der Waals surface area (Å²) in [6.07, 6.45) is 5.34. The number of hydrogen-bond acceptors (Lipinski definition) is 3. The van der Waals surface area contributed by atoms with Crippen molar-refractivity contribution < 1.29 is 5.11 Å². The molecular weight excluding hydrogens is 260 g/mol. The number of aliphatic hydroxyl groups excluding tert-OH is 1. The van der Waals surface area contributed by atoms with Crippen molar-refractivity contribution in [2.24, 2.45) is 0 Å². The third kappa shape index (κ3) is 3.83. The van der Waals surface area contributed by atoms with E-state index in [0.717, 1.165) is 42.1 Å². The molecular formula is C15H23ClN2O. The highest BCUT2D eigenvalue weighted by atomic mass is 35.5. The lowest BCUT2D eigenvalue weighted by molar-refractivity contribution is 0.126. The van der Waals surface area contributed by atoms with E-state index >= 15 is 0 Å². The van der Waals surface area contributed by atoms with Crippen LogP contribution in [0, 0.1) is 0 Å². The highest BCUT2D eigenvalue weighted by Crippen LogP contribution is 2.31. The van der Waals surface area contributed by atoms with Crippen molar-refractivity contribution in [2.75, 3.05) is 5.32 Å². The van der Waals surface area contributed by atoms with Crippen molar-refractivity contribution >= 4 is 17.4 Å². The maximum atomic E-state index is 9.52. The van der Waals surface area contributed by atoms with Gasteiger partial charge < -0.3 is 10.4 Å². The number of aromatic nitrogens is 1. The van der Waals surface area contributed by atoms with Gasteiger partial charge in [-0.3, -0.25) is 0 Å². The number of anilines is 1. The molecule has 3 nitrogen and oxygen atoms in total. The molecule has 0 radical (unpaired) electrons. The van der Waals surface area contributed by atoms with Gasteiger partial charge in [-0.15, -0.1) is 0 Å². The van der Waals surface area contributed by atoms with Gasteiger partial charge in [0.05, 0.1) is 11.1 Å². The van der Waals surface area contributed by atoms with Gasteiger partial charge in [-0.05, 0) is 42.7 Å². The minimum absolute atomic E-state index is 0.0131. The Kier molecular flexibility index (Phi) is 4.36. The first-order chi connectivity index (χ1) is 8.86. The molecule has 1 saturated carbocycles. The molecule has 1 fully saturated rings. The van der Waals surface area contributed by atoms with E-state index in [-0.39, 0.29) is 11.5 Å². The molecule has 0 unspecified atom stereocenters. The molecule has 0 aliphatic heterocycles. The predicted molar refractivity (Wildman–Crippen MR) is 79.8 cm³/mol. The predicted octanol–water partition coefficient (Wildman–Crippen LogP) is 3.75. The van der Waals surface area contributed by atoms with Crippen molar-refractivity contribution in [1.82, 2.24) is 4.98 Å². The van der Waals surface area contributed by atoms with E-state index in [4.69, 9.17) is 11.6 Å². The molecule has 2 N–H and O–H groups in total. The Morgan fingerprint density at radius 2 is 1.89 bits per heavy atom. The number of nitrogens with one attached hydrogen (secondary N) is 1. The summed E-state index contributed by atoms with van der Waals surface area (Å²) in [6.45, 7) is 6.44. The van der Waals surface area contributed by atoms with Gasteiger partial charge in [0, 0.05) is 12.2 Å². The summed E-state index contributed by atoms with van der Waals surface area (Å²) in [6, 6.07) is 2.46. The van der Waals surface area contributed by atoms with Crippen LogP contribution in [0.25, 0.3) is 0 Å². The Balaban J connectivity index is 2.09. The molecule has 0 atom stereocenters. The third-order valence-electron chi connectivity index (χ3n) is 3.71. The largest absolute Gasteiger partial charge is 0.393 e. The molecule has 0 saturated heterocycles. The van der Waals surface area contributed by atoms with Crippen LogP contribution in [0.2, 0.25) is 5.02 Å². The summed E-state index contributed by atoms with van der Waals surface area (Å²) in [5, 5.41) is 13.7. The SMILES string of the molecule is CC(C)(C)c1cc(N[C@H]2CC[C@H](O)CC2)ncc1Cl. The Morgan fingerprint density at radius 1 is 1.26 bits per heavy atom. The van der Waals surface area contributed by atoms with Crippen molar-refractivity contribution in [3.8, 4) is 0 Å². The normalized spacial score (nSPS) is 24.3. The van der Waals surface area contributed by atoms with Crippen molar-refractivity contribution in [3.05, 3.63) is 22.8 Å². The van der Waals surface area contributed by atoms with Crippen LogP contribution in [0.4, 0.5) is 5.82 Å². The average molecular weight is 283 g/mol. The number of hydrogen-bond donors (Lipinski definition) is 2. The molecule has 4 heteroatoms. The highest BCUT2D eigenvalue weighted by Gasteiger charge is 2.21. The molecule has 0 amide bonds. The zero-order chi connectivity index (χ0) is 14.0. The van der Waals surface area contributed by atoms with Crippen LogP contribution in [0.3, 0.4) is 0 Å². The second-order valence-corrected chi connectivity index (χ2v) is 6.86. The lowest BCUT2D eigenvalue weighted by atomic mass is 9.87. The van der Waals surface area contributed by atoms with E-state index in [9.17, 15) is 5.11 Å². The third-order valence-corrected chi connectivity index (χ3v) is 4.01. The Bertz CT molecular complexity index is 434. The van der Waals surface area contributed by atoms with E-state index in [1.54, 1.807) is 6.20 Å². The molecule has 1 heterocycles. The smallest absolute Gasteiger partial charge is 0.126 e. The van der Waals surface area contributed by atoms with Crippen molar-refractivity contribution in [2.45, 2.75) is 64.0 Å². The molecule has 0 bridgehead atoms. The number of aliphatic hydroxyl groups is 1. The van der Waals surface area contributed by atoms with E-state index in [1.165, 1.54) is 0 Å². The van der Waals surface area contributed by atoms with Crippen LogP contribution in [-0.2, 0) is 5.41 Å². The van der Waals surface area contributed by atoms with E-state index < -0.39 is 0 Å². The van der Waals surface area contributed by atoms with Gasteiger partial charge >= 0.3 is 0 Å². The van der Waals surface area contributed by atoms with Crippen molar-refractivity contribution in [1.29, 1.82) is 0 Å². The summed E-state index contributed by atoms with van der Waals surface area (Å²) in [5.74, 6) is 0.885. The maximum Gasteiger partial charge on any atom is 0.126 e. The van der Waals surface area contributed by atoms with Crippen molar-refractivity contribution in [3.63, 3.8) is 0 Å². The molecule has 2 rings (SSSR count). The topological polar surface area (TPSA) is 45.1 Å². The fraction of sp³-hybridized carbons (Fsp3) is 0.667. The molecule has 1 aliphatic rings. The number of pyridine rings is 1. The van der Waals surface area contributed by atoms with Gasteiger partial charge in [0.1, 0.15) is 5.82 Å². The second-order valence-electron chi connectivity index (χ2n) is 6.45. The van der Waals surface area contributed by atoms with Gasteiger partial charge in [-0.25, -0.2) is 4.98 Å². The first-order valence-electron chi connectivity index (χ1n) is 6.97. The summed E-state index contributed by atoms with van der Waals surface area (Å²) in [7, 11) is 0. The van der Waals surface area contributed by atoms with Crippen LogP contribution in [-0.4, -0.2) is 22.2 Å². The second kappa shape index (κ2) is 5.68. The average Bonchev–Trinajstić information content (AvgIpc) is 2.33. The quantitative estimate of drug-likeness (QED) is 0.868. The van der Waals surface area contributed by atoms with Gasteiger partial charge in [-0.2, -0.15) is 0 Å². The molecule has 1 aromatic heterocycles. The molecule has 19 heavy (non-hydrogen) atoms. The molecule has 1 aromatic rings. The van der Waals surface area contributed by atoms with E-state index in [2.05, 4.69) is 31.1 Å².